The van der Waals surface area contributed by atoms with E-state index in [4.69, 9.17) is 14.8 Å². The molecule has 7 heteroatoms. The highest BCUT2D eigenvalue weighted by atomic mass is 19.1. The van der Waals surface area contributed by atoms with Crippen LogP contribution in [-0.2, 0) is 16.1 Å². The molecular formula is C28H34FNO5. The summed E-state index contributed by atoms with van der Waals surface area (Å²) in [6.45, 7) is 0.372. The number of aliphatic hydroxyl groups excluding tert-OH is 2. The molecule has 2 saturated carbocycles. The molecule has 1 aromatic carbocycles. The molecule has 0 spiro atoms. The van der Waals surface area contributed by atoms with Gasteiger partial charge in [0.15, 0.2) is 0 Å². The summed E-state index contributed by atoms with van der Waals surface area (Å²) in [5.74, 6) is -0.721. The van der Waals surface area contributed by atoms with E-state index in [1.807, 2.05) is 6.08 Å². The van der Waals surface area contributed by atoms with Gasteiger partial charge in [-0.2, -0.15) is 0 Å². The van der Waals surface area contributed by atoms with Crippen LogP contribution in [0.3, 0.4) is 0 Å². The molecule has 0 aliphatic heterocycles. The first-order chi connectivity index (χ1) is 16.9. The molecule has 0 radical (unpaired) electrons. The SMILES string of the molecule is COCc1c(C2CCC2)nc(C2CCC2)c(/C=C/[C@@H](O)C[C@@H](O)CC(=O)O)c1-c1ccc(F)cc1. The minimum Gasteiger partial charge on any atom is -0.481 e. The third kappa shape index (κ3) is 5.97. The first kappa shape index (κ1) is 25.5. The predicted octanol–water partition coefficient (Wildman–Crippen LogP) is 5.17. The largest absolute Gasteiger partial charge is 0.481 e. The minimum absolute atomic E-state index is 0.0774. The summed E-state index contributed by atoms with van der Waals surface area (Å²) < 4.78 is 19.4. The van der Waals surface area contributed by atoms with Crippen molar-refractivity contribution < 1.29 is 29.2 Å². The lowest BCUT2D eigenvalue weighted by Gasteiger charge is -2.33. The fourth-order valence-corrected chi connectivity index (χ4v) is 4.94. The molecular weight excluding hydrogens is 449 g/mol. The van der Waals surface area contributed by atoms with Crippen molar-refractivity contribution >= 4 is 12.0 Å². The van der Waals surface area contributed by atoms with Crippen molar-refractivity contribution in [2.24, 2.45) is 0 Å². The summed E-state index contributed by atoms with van der Waals surface area (Å²) in [5.41, 5.74) is 5.73. The number of aliphatic hydroxyl groups is 2. The molecule has 3 N–H and O–H groups in total. The van der Waals surface area contributed by atoms with Crippen molar-refractivity contribution in [3.05, 3.63) is 58.7 Å². The number of ether oxygens (including phenoxy) is 1. The van der Waals surface area contributed by atoms with Gasteiger partial charge in [0.25, 0.3) is 0 Å². The highest BCUT2D eigenvalue weighted by Crippen LogP contribution is 2.46. The van der Waals surface area contributed by atoms with Crippen molar-refractivity contribution in [3.8, 4) is 11.1 Å². The zero-order valence-corrected chi connectivity index (χ0v) is 20.1. The zero-order valence-electron chi connectivity index (χ0n) is 20.1. The Morgan fingerprint density at radius 2 is 1.74 bits per heavy atom. The van der Waals surface area contributed by atoms with Gasteiger partial charge < -0.3 is 20.1 Å². The van der Waals surface area contributed by atoms with Crippen LogP contribution >= 0.6 is 0 Å². The van der Waals surface area contributed by atoms with Gasteiger partial charge in [-0.15, -0.1) is 0 Å². The van der Waals surface area contributed by atoms with Gasteiger partial charge in [0, 0.05) is 42.2 Å². The van der Waals surface area contributed by atoms with Crippen LogP contribution in [0, 0.1) is 5.82 Å². The smallest absolute Gasteiger partial charge is 0.305 e. The Labute approximate surface area is 205 Å². The number of benzene rings is 1. The fraction of sp³-hybridized carbons (Fsp3) is 0.500. The number of halogens is 1. The molecule has 2 atom stereocenters. The normalized spacial score (nSPS) is 18.3. The summed E-state index contributed by atoms with van der Waals surface area (Å²) in [7, 11) is 1.65. The van der Waals surface area contributed by atoms with E-state index in [1.54, 1.807) is 25.3 Å². The molecule has 4 rings (SSSR count). The monoisotopic (exact) mass is 483 g/mol. The van der Waals surface area contributed by atoms with Crippen LogP contribution < -0.4 is 0 Å². The second-order valence-corrected chi connectivity index (χ2v) is 9.76. The van der Waals surface area contributed by atoms with Crippen LogP contribution in [0.15, 0.2) is 30.3 Å². The Bertz CT molecular complexity index is 1060. The van der Waals surface area contributed by atoms with E-state index in [2.05, 4.69) is 0 Å². The molecule has 1 heterocycles. The number of carboxylic acid groups (broad SMARTS) is 1. The highest BCUT2D eigenvalue weighted by molar-refractivity contribution is 5.80. The van der Waals surface area contributed by atoms with Gasteiger partial charge in [-0.25, -0.2) is 4.39 Å². The molecule has 6 nitrogen and oxygen atoms in total. The topological polar surface area (TPSA) is 99.9 Å². The van der Waals surface area contributed by atoms with E-state index in [0.717, 1.165) is 65.7 Å². The first-order valence-corrected chi connectivity index (χ1v) is 12.4. The van der Waals surface area contributed by atoms with Crippen LogP contribution in [0.1, 0.15) is 85.7 Å². The Kier molecular flexibility index (Phi) is 8.31. The number of aromatic nitrogens is 1. The van der Waals surface area contributed by atoms with Crippen molar-refractivity contribution in [3.63, 3.8) is 0 Å². The van der Waals surface area contributed by atoms with Crippen LogP contribution in [0.25, 0.3) is 17.2 Å². The third-order valence-electron chi connectivity index (χ3n) is 7.21. The van der Waals surface area contributed by atoms with E-state index in [1.165, 1.54) is 18.6 Å². The summed E-state index contributed by atoms with van der Waals surface area (Å²) in [4.78, 5) is 16.1. The number of methoxy groups -OCH3 is 1. The summed E-state index contributed by atoms with van der Waals surface area (Å²) >= 11 is 0. The van der Waals surface area contributed by atoms with Gasteiger partial charge in [-0.3, -0.25) is 9.78 Å². The maximum atomic E-state index is 13.8. The maximum absolute atomic E-state index is 13.8. The van der Waals surface area contributed by atoms with Crippen molar-refractivity contribution in [1.29, 1.82) is 0 Å². The molecule has 1 aromatic heterocycles. The molecule has 2 aromatic rings. The number of pyridine rings is 1. The molecule has 0 saturated heterocycles. The zero-order chi connectivity index (χ0) is 24.9. The average molecular weight is 484 g/mol. The summed E-state index contributed by atoms with van der Waals surface area (Å²) in [6.07, 6.45) is 7.36. The highest BCUT2D eigenvalue weighted by Gasteiger charge is 2.32. The van der Waals surface area contributed by atoms with E-state index in [9.17, 15) is 19.4 Å². The van der Waals surface area contributed by atoms with Crippen LogP contribution in [0.5, 0.6) is 0 Å². The lowest BCUT2D eigenvalue weighted by atomic mass is 9.75. The van der Waals surface area contributed by atoms with E-state index in [0.29, 0.717) is 18.4 Å². The Morgan fingerprint density at radius 3 is 2.29 bits per heavy atom. The van der Waals surface area contributed by atoms with E-state index in [-0.39, 0.29) is 12.2 Å². The van der Waals surface area contributed by atoms with Gasteiger partial charge in [-0.1, -0.05) is 37.1 Å². The standard InChI is InChI=1S/C28H34FNO5/c1-35-16-24-26(17-8-10-20(29)11-9-17)23(13-12-21(31)14-22(32)15-25(33)34)27(18-4-2-5-18)30-28(24)19-6-3-7-19/h8-13,18-19,21-22,31-32H,2-7,14-16H2,1H3,(H,33,34)/b13-12+/t21-,22-/m1/s1. The van der Waals surface area contributed by atoms with Crippen LogP contribution in [-0.4, -0.2) is 45.6 Å². The lowest BCUT2D eigenvalue weighted by molar-refractivity contribution is -0.139. The number of hydrogen-bond donors (Lipinski definition) is 3. The van der Waals surface area contributed by atoms with E-state index < -0.39 is 24.6 Å². The number of hydrogen-bond acceptors (Lipinski definition) is 5. The minimum atomic E-state index is -1.14. The quantitative estimate of drug-likeness (QED) is 0.408. The van der Waals surface area contributed by atoms with Gasteiger partial charge in [0.05, 0.1) is 30.9 Å². The molecule has 2 aliphatic carbocycles. The number of carboxylic acids is 1. The van der Waals surface area contributed by atoms with Gasteiger partial charge in [0.2, 0.25) is 0 Å². The van der Waals surface area contributed by atoms with Crippen molar-refractivity contribution in [1.82, 2.24) is 4.98 Å². The molecule has 2 aliphatic rings. The van der Waals surface area contributed by atoms with E-state index >= 15 is 0 Å². The van der Waals surface area contributed by atoms with Gasteiger partial charge >= 0.3 is 5.97 Å². The molecule has 2 fully saturated rings. The Balaban J connectivity index is 1.82. The van der Waals surface area contributed by atoms with Gasteiger partial charge in [0.1, 0.15) is 5.82 Å². The predicted molar refractivity (Wildman–Crippen MR) is 131 cm³/mol. The van der Waals surface area contributed by atoms with Crippen molar-refractivity contribution in [2.45, 2.75) is 82.0 Å². The van der Waals surface area contributed by atoms with Crippen molar-refractivity contribution in [2.75, 3.05) is 7.11 Å². The molecule has 0 bridgehead atoms. The molecule has 188 valence electrons. The third-order valence-corrected chi connectivity index (χ3v) is 7.21. The summed E-state index contributed by atoms with van der Waals surface area (Å²) in [5, 5.41) is 29.4. The van der Waals surface area contributed by atoms with Crippen LogP contribution in [0.4, 0.5) is 4.39 Å². The van der Waals surface area contributed by atoms with Gasteiger partial charge in [-0.05, 0) is 48.9 Å². The average Bonchev–Trinajstić information content (AvgIpc) is 2.72. The molecule has 35 heavy (non-hydrogen) atoms. The second-order valence-electron chi connectivity index (χ2n) is 9.76. The first-order valence-electron chi connectivity index (χ1n) is 12.4. The molecule has 0 unspecified atom stereocenters. The summed E-state index contributed by atoms with van der Waals surface area (Å²) in [6, 6.07) is 6.43. The molecule has 0 amide bonds. The lowest BCUT2D eigenvalue weighted by Crippen LogP contribution is -2.21. The number of carbonyl (C=O) groups is 1. The maximum Gasteiger partial charge on any atom is 0.305 e. The van der Waals surface area contributed by atoms with Crippen LogP contribution in [0.2, 0.25) is 0 Å². The second kappa shape index (κ2) is 11.4. The number of nitrogens with zero attached hydrogens (tertiary/aromatic N) is 1. The fourth-order valence-electron chi connectivity index (χ4n) is 4.94. The number of aliphatic carboxylic acids is 1. The Morgan fingerprint density at radius 1 is 1.11 bits per heavy atom. The Hall–Kier alpha value is -2.61. The number of rotatable bonds is 11.